The second kappa shape index (κ2) is 12.3. The molecule has 7 nitrogen and oxygen atoms in total. The lowest BCUT2D eigenvalue weighted by molar-refractivity contribution is -0.139. The van der Waals surface area contributed by atoms with Gasteiger partial charge < -0.3 is 14.2 Å². The van der Waals surface area contributed by atoms with Gasteiger partial charge in [-0.25, -0.2) is 9.79 Å². The van der Waals surface area contributed by atoms with Crippen molar-refractivity contribution in [3.05, 3.63) is 89.0 Å². The van der Waals surface area contributed by atoms with Crippen molar-refractivity contribution >= 4 is 39.3 Å². The number of ether oxygens (including phenoxy) is 3. The van der Waals surface area contributed by atoms with E-state index in [1.807, 2.05) is 37.3 Å². The molecule has 2 aromatic carbocycles. The van der Waals surface area contributed by atoms with E-state index >= 15 is 0 Å². The van der Waals surface area contributed by atoms with Crippen molar-refractivity contribution in [2.75, 3.05) is 20.3 Å². The Kier molecular flexibility index (Phi) is 8.87. The Hall–Kier alpha value is -3.61. The molecule has 0 spiro atoms. The average molecular weight is 596 g/mol. The summed E-state index contributed by atoms with van der Waals surface area (Å²) in [6, 6.07) is 12.1. The van der Waals surface area contributed by atoms with Gasteiger partial charge in [-0.1, -0.05) is 64.7 Å². The van der Waals surface area contributed by atoms with E-state index in [-0.39, 0.29) is 18.8 Å². The lowest BCUT2D eigenvalue weighted by Crippen LogP contribution is -2.40. The molecule has 0 fully saturated rings. The fourth-order valence-corrected chi connectivity index (χ4v) is 5.72. The van der Waals surface area contributed by atoms with Crippen LogP contribution in [-0.4, -0.2) is 30.9 Å². The number of hydrogen-bond acceptors (Lipinski definition) is 7. The zero-order valence-corrected chi connectivity index (χ0v) is 23.7. The number of rotatable bonds is 9. The molecule has 0 aliphatic carbocycles. The highest BCUT2D eigenvalue weighted by molar-refractivity contribution is 9.10. The Morgan fingerprint density at radius 3 is 2.74 bits per heavy atom. The molecule has 3 aromatic rings. The number of nitrogens with zero attached hydrogens (tertiary/aromatic N) is 2. The Bertz CT molecular complexity index is 1610. The predicted octanol–water partition coefficient (Wildman–Crippen LogP) is 4.36. The number of benzene rings is 2. The van der Waals surface area contributed by atoms with Gasteiger partial charge in [0.2, 0.25) is 0 Å². The minimum atomic E-state index is -0.783. The molecule has 1 aromatic heterocycles. The first-order valence-electron chi connectivity index (χ1n) is 12.1. The van der Waals surface area contributed by atoms with Gasteiger partial charge >= 0.3 is 5.97 Å². The first kappa shape index (κ1) is 27.4. The molecule has 9 heteroatoms. The summed E-state index contributed by atoms with van der Waals surface area (Å²) < 4.78 is 19.6. The van der Waals surface area contributed by atoms with Crippen LogP contribution in [0.15, 0.2) is 68.0 Å². The summed E-state index contributed by atoms with van der Waals surface area (Å²) in [7, 11) is 1.56. The third kappa shape index (κ3) is 5.47. The highest BCUT2D eigenvalue weighted by atomic mass is 79.9. The Morgan fingerprint density at radius 2 is 2.03 bits per heavy atom. The normalized spacial score (nSPS) is 14.9. The van der Waals surface area contributed by atoms with Crippen LogP contribution in [0.1, 0.15) is 43.9 Å². The van der Waals surface area contributed by atoms with E-state index in [9.17, 15) is 9.59 Å². The Balaban J connectivity index is 2.03. The standard InChI is InChI=1S/C29H27BrN2O5S/c1-5-10-21-25(28(34)36-7-3)26(20-17-19(30)13-14-23(20)35-4)32-27(33)24(38-29(32)31-21)16-18-11-8-9-12-22(18)37-15-6-2/h2,8-9,11-14,16-17,26H,5,7,10,15H2,1,3-4H3/b24-16+/t26-/m0/s1. The first-order chi connectivity index (χ1) is 18.4. The van der Waals surface area contributed by atoms with Crippen molar-refractivity contribution in [3.8, 4) is 23.8 Å². The number of methoxy groups -OCH3 is 1. The maximum Gasteiger partial charge on any atom is 0.338 e. The molecule has 0 saturated heterocycles. The molecule has 0 bridgehead atoms. The summed E-state index contributed by atoms with van der Waals surface area (Å²) in [5, 5.41) is 0. The average Bonchev–Trinajstić information content (AvgIpc) is 3.22. The number of halogens is 1. The number of carbonyl (C=O) groups excluding carboxylic acids is 1. The smallest absolute Gasteiger partial charge is 0.338 e. The van der Waals surface area contributed by atoms with Crippen molar-refractivity contribution in [2.24, 2.45) is 4.99 Å². The number of hydrogen-bond donors (Lipinski definition) is 0. The van der Waals surface area contributed by atoms with Crippen molar-refractivity contribution in [1.82, 2.24) is 4.57 Å². The lowest BCUT2D eigenvalue weighted by atomic mass is 9.93. The molecule has 0 N–H and O–H groups in total. The van der Waals surface area contributed by atoms with E-state index in [0.29, 0.717) is 49.7 Å². The second-order valence-corrected chi connectivity index (χ2v) is 10.3. The van der Waals surface area contributed by atoms with E-state index in [2.05, 4.69) is 21.9 Å². The third-order valence-corrected chi connectivity index (χ3v) is 7.37. The first-order valence-corrected chi connectivity index (χ1v) is 13.7. The molecule has 0 radical (unpaired) electrons. The quantitative estimate of drug-likeness (QED) is 0.272. The molecule has 1 atom stereocenters. The van der Waals surface area contributed by atoms with Crippen molar-refractivity contribution in [1.29, 1.82) is 0 Å². The SMILES string of the molecule is C#CCOc1ccccc1/C=c1/sc2n(c1=O)[C@@H](c1cc(Br)ccc1OC)C(C(=O)OCC)=C(CCC)N=2. The van der Waals surface area contributed by atoms with Crippen LogP contribution in [0.25, 0.3) is 6.08 Å². The second-order valence-electron chi connectivity index (χ2n) is 8.33. The van der Waals surface area contributed by atoms with Crippen LogP contribution in [0, 0.1) is 12.3 Å². The van der Waals surface area contributed by atoms with E-state index < -0.39 is 12.0 Å². The molecule has 0 unspecified atom stereocenters. The molecule has 4 rings (SSSR count). The van der Waals surface area contributed by atoms with Gasteiger partial charge in [-0.05, 0) is 43.7 Å². The number of terminal acetylenes is 1. The fraction of sp³-hybridized carbons (Fsp3) is 0.276. The highest BCUT2D eigenvalue weighted by Gasteiger charge is 2.36. The summed E-state index contributed by atoms with van der Waals surface area (Å²) in [5.41, 5.74) is 2.01. The third-order valence-electron chi connectivity index (χ3n) is 5.90. The molecule has 0 amide bonds. The number of para-hydroxylation sites is 1. The Labute approximate surface area is 233 Å². The van der Waals surface area contributed by atoms with Gasteiger partial charge in [0.05, 0.1) is 29.5 Å². The fourth-order valence-electron chi connectivity index (χ4n) is 4.33. The number of aromatic nitrogens is 1. The number of carbonyl (C=O) groups is 1. The van der Waals surface area contributed by atoms with Gasteiger partial charge in [-0.2, -0.15) is 0 Å². The van der Waals surface area contributed by atoms with E-state index in [1.165, 1.54) is 11.3 Å². The Morgan fingerprint density at radius 1 is 1.24 bits per heavy atom. The van der Waals surface area contributed by atoms with Crippen LogP contribution in [0.4, 0.5) is 0 Å². The number of esters is 1. The predicted molar refractivity (Wildman–Crippen MR) is 151 cm³/mol. The molecule has 1 aliphatic rings. The van der Waals surface area contributed by atoms with Crippen molar-refractivity contribution < 1.29 is 19.0 Å². The van der Waals surface area contributed by atoms with Crippen molar-refractivity contribution in [2.45, 2.75) is 32.7 Å². The molecular formula is C29H27BrN2O5S. The van der Waals surface area contributed by atoms with Gasteiger partial charge in [-0.3, -0.25) is 9.36 Å². The van der Waals surface area contributed by atoms with Gasteiger partial charge in [0, 0.05) is 15.6 Å². The molecule has 0 saturated carbocycles. The number of fused-ring (bicyclic) bond motifs is 1. The van der Waals surface area contributed by atoms with Gasteiger partial charge in [0.1, 0.15) is 24.1 Å². The molecule has 2 heterocycles. The van der Waals surface area contributed by atoms with Gasteiger partial charge in [0.15, 0.2) is 4.80 Å². The number of allylic oxidation sites excluding steroid dienone is 1. The van der Waals surface area contributed by atoms with Crippen molar-refractivity contribution in [3.63, 3.8) is 0 Å². The van der Waals surface area contributed by atoms with Crippen LogP contribution < -0.4 is 24.4 Å². The summed E-state index contributed by atoms with van der Waals surface area (Å²) in [5.74, 6) is 3.07. The van der Waals surface area contributed by atoms with Gasteiger partial charge in [-0.15, -0.1) is 6.42 Å². The highest BCUT2D eigenvalue weighted by Crippen LogP contribution is 2.38. The largest absolute Gasteiger partial charge is 0.496 e. The van der Waals surface area contributed by atoms with Crippen LogP contribution >= 0.6 is 27.3 Å². The van der Waals surface area contributed by atoms with Crippen LogP contribution in [0.3, 0.4) is 0 Å². The van der Waals surface area contributed by atoms with E-state index in [0.717, 1.165) is 10.9 Å². The lowest BCUT2D eigenvalue weighted by Gasteiger charge is -2.27. The topological polar surface area (TPSA) is 79.1 Å². The summed E-state index contributed by atoms with van der Waals surface area (Å²) in [6.07, 6.45) is 8.44. The van der Waals surface area contributed by atoms with Crippen LogP contribution in [0.5, 0.6) is 11.5 Å². The minimum absolute atomic E-state index is 0.109. The molecule has 1 aliphatic heterocycles. The minimum Gasteiger partial charge on any atom is -0.496 e. The zero-order chi connectivity index (χ0) is 27.2. The molecule has 196 valence electrons. The molecular weight excluding hydrogens is 568 g/mol. The zero-order valence-electron chi connectivity index (χ0n) is 21.3. The summed E-state index contributed by atoms with van der Waals surface area (Å²) in [4.78, 5) is 32.6. The molecule has 38 heavy (non-hydrogen) atoms. The maximum atomic E-state index is 14.0. The van der Waals surface area contributed by atoms with Crippen LogP contribution in [0.2, 0.25) is 0 Å². The van der Waals surface area contributed by atoms with Gasteiger partial charge in [0.25, 0.3) is 5.56 Å². The van der Waals surface area contributed by atoms with E-state index in [4.69, 9.17) is 25.6 Å². The monoisotopic (exact) mass is 594 g/mol. The number of thiazole rings is 1. The summed E-state index contributed by atoms with van der Waals surface area (Å²) >= 11 is 4.79. The summed E-state index contributed by atoms with van der Waals surface area (Å²) in [6.45, 7) is 4.07. The maximum absolute atomic E-state index is 14.0. The van der Waals surface area contributed by atoms with Crippen LogP contribution in [-0.2, 0) is 9.53 Å². The van der Waals surface area contributed by atoms with E-state index in [1.54, 1.807) is 36.8 Å².